The second-order valence-corrected chi connectivity index (χ2v) is 1.10. The van der Waals surface area contributed by atoms with Crippen molar-refractivity contribution >= 4 is 0 Å². The summed E-state index contributed by atoms with van der Waals surface area (Å²) in [5.74, 6) is 0. The van der Waals surface area contributed by atoms with Crippen LogP contribution in [0.2, 0.25) is 0 Å². The van der Waals surface area contributed by atoms with Gasteiger partial charge >= 0.3 is 0 Å². The first-order chi connectivity index (χ1) is 2.41. The molecule has 1 nitrogen and oxygen atoms in total. The van der Waals surface area contributed by atoms with Crippen molar-refractivity contribution < 1.29 is 0 Å². The third-order valence-electron chi connectivity index (χ3n) is 0.500. The molecule has 0 bridgehead atoms. The van der Waals surface area contributed by atoms with E-state index in [1.165, 1.54) is 6.42 Å². The van der Waals surface area contributed by atoms with Crippen LogP contribution in [0.15, 0.2) is 0 Å². The maximum absolute atomic E-state index is 3.02. The summed E-state index contributed by atoms with van der Waals surface area (Å²) in [4.78, 5) is 0. The van der Waals surface area contributed by atoms with Crippen LogP contribution in [0.3, 0.4) is 0 Å². The van der Waals surface area contributed by atoms with Crippen LogP contribution in [0, 0.1) is 0 Å². The van der Waals surface area contributed by atoms with E-state index in [0.29, 0.717) is 0 Å². The summed E-state index contributed by atoms with van der Waals surface area (Å²) >= 11 is 0. The Morgan fingerprint density at radius 3 is 2.00 bits per heavy atom. The minimum absolute atomic E-state index is 0. The SMILES string of the molecule is C.CCCNC. The van der Waals surface area contributed by atoms with Crippen molar-refractivity contribution in [2.75, 3.05) is 13.6 Å². The third kappa shape index (κ3) is 9.03. The molecule has 0 amide bonds. The Bertz CT molecular complexity index is 11.4. The van der Waals surface area contributed by atoms with E-state index in [2.05, 4.69) is 12.2 Å². The molecule has 0 radical (unpaired) electrons. The number of rotatable bonds is 2. The fourth-order valence-electron chi connectivity index (χ4n) is 0.250. The summed E-state index contributed by atoms with van der Waals surface area (Å²) in [6, 6.07) is 0. The van der Waals surface area contributed by atoms with Crippen LogP contribution < -0.4 is 5.32 Å². The van der Waals surface area contributed by atoms with E-state index in [4.69, 9.17) is 0 Å². The van der Waals surface area contributed by atoms with Gasteiger partial charge in [0.25, 0.3) is 0 Å². The molecule has 0 saturated heterocycles. The molecule has 0 aliphatic carbocycles. The molecular formula is C5H15N. The lowest BCUT2D eigenvalue weighted by atomic mass is 10.5. The highest BCUT2D eigenvalue weighted by atomic mass is 14.8. The minimum atomic E-state index is 0. The molecule has 0 aliphatic rings. The van der Waals surface area contributed by atoms with Crippen LogP contribution in [0.1, 0.15) is 20.8 Å². The Labute approximate surface area is 40.8 Å². The molecule has 0 aromatic carbocycles. The molecule has 40 valence electrons. The average Bonchev–Trinajstić information content (AvgIpc) is 1.41. The van der Waals surface area contributed by atoms with Crippen LogP contribution >= 0.6 is 0 Å². The molecule has 1 N–H and O–H groups in total. The van der Waals surface area contributed by atoms with Gasteiger partial charge in [0.1, 0.15) is 0 Å². The van der Waals surface area contributed by atoms with Crippen molar-refractivity contribution in [3.8, 4) is 0 Å². The zero-order chi connectivity index (χ0) is 4.12. The van der Waals surface area contributed by atoms with Gasteiger partial charge in [-0.1, -0.05) is 14.4 Å². The minimum Gasteiger partial charge on any atom is -0.320 e. The Kier molecular flexibility index (Phi) is 13.8. The largest absolute Gasteiger partial charge is 0.320 e. The van der Waals surface area contributed by atoms with Gasteiger partial charge in [0.2, 0.25) is 0 Å². The quantitative estimate of drug-likeness (QED) is 0.537. The number of hydrogen-bond acceptors (Lipinski definition) is 1. The summed E-state index contributed by atoms with van der Waals surface area (Å²) in [6.45, 7) is 3.29. The van der Waals surface area contributed by atoms with Crippen molar-refractivity contribution in [3.63, 3.8) is 0 Å². The van der Waals surface area contributed by atoms with Crippen LogP contribution in [0.25, 0.3) is 0 Å². The second-order valence-electron chi connectivity index (χ2n) is 1.10. The Balaban J connectivity index is 0. The highest BCUT2D eigenvalue weighted by Crippen LogP contribution is 1.62. The van der Waals surface area contributed by atoms with Crippen molar-refractivity contribution in [2.45, 2.75) is 20.8 Å². The van der Waals surface area contributed by atoms with E-state index in [0.717, 1.165) is 6.54 Å². The summed E-state index contributed by atoms with van der Waals surface area (Å²) in [5.41, 5.74) is 0. The fourth-order valence-corrected chi connectivity index (χ4v) is 0.250. The van der Waals surface area contributed by atoms with Gasteiger partial charge < -0.3 is 5.32 Å². The molecule has 1 heteroatoms. The van der Waals surface area contributed by atoms with Gasteiger partial charge in [-0.15, -0.1) is 0 Å². The summed E-state index contributed by atoms with van der Waals surface area (Å²) in [7, 11) is 1.96. The van der Waals surface area contributed by atoms with Gasteiger partial charge in [-0.25, -0.2) is 0 Å². The first kappa shape index (κ1) is 9.35. The van der Waals surface area contributed by atoms with E-state index >= 15 is 0 Å². The van der Waals surface area contributed by atoms with Crippen molar-refractivity contribution in [1.29, 1.82) is 0 Å². The van der Waals surface area contributed by atoms with Crippen LogP contribution in [0.4, 0.5) is 0 Å². The van der Waals surface area contributed by atoms with Crippen LogP contribution in [-0.4, -0.2) is 13.6 Å². The molecular weight excluding hydrogens is 74.1 g/mol. The molecule has 0 aliphatic heterocycles. The van der Waals surface area contributed by atoms with Crippen LogP contribution in [0.5, 0.6) is 0 Å². The molecule has 0 unspecified atom stereocenters. The lowest BCUT2D eigenvalue weighted by Gasteiger charge is -1.84. The first-order valence-electron chi connectivity index (χ1n) is 2.06. The van der Waals surface area contributed by atoms with Gasteiger partial charge in [-0.2, -0.15) is 0 Å². The molecule has 0 aromatic rings. The molecule has 0 heterocycles. The van der Waals surface area contributed by atoms with E-state index in [1.54, 1.807) is 0 Å². The van der Waals surface area contributed by atoms with E-state index < -0.39 is 0 Å². The van der Waals surface area contributed by atoms with Gasteiger partial charge in [-0.3, -0.25) is 0 Å². The fraction of sp³-hybridized carbons (Fsp3) is 1.00. The van der Waals surface area contributed by atoms with E-state index in [-0.39, 0.29) is 7.43 Å². The molecule has 0 atom stereocenters. The Hall–Kier alpha value is -0.0400. The topological polar surface area (TPSA) is 12.0 Å². The second kappa shape index (κ2) is 8.88. The zero-order valence-corrected chi connectivity index (χ0v) is 3.91. The van der Waals surface area contributed by atoms with Crippen molar-refractivity contribution in [3.05, 3.63) is 0 Å². The van der Waals surface area contributed by atoms with E-state index in [1.807, 2.05) is 7.05 Å². The molecule has 0 aromatic heterocycles. The zero-order valence-electron chi connectivity index (χ0n) is 3.91. The molecule has 0 spiro atoms. The van der Waals surface area contributed by atoms with Gasteiger partial charge in [0, 0.05) is 0 Å². The highest BCUT2D eigenvalue weighted by Gasteiger charge is 1.64. The highest BCUT2D eigenvalue weighted by molar-refractivity contribution is 4.28. The molecule has 0 rings (SSSR count). The average molecular weight is 89.2 g/mol. The normalized spacial score (nSPS) is 7.00. The third-order valence-corrected chi connectivity index (χ3v) is 0.500. The Morgan fingerprint density at radius 2 is 2.00 bits per heavy atom. The lowest BCUT2D eigenvalue weighted by Crippen LogP contribution is -2.04. The van der Waals surface area contributed by atoms with E-state index in [9.17, 15) is 0 Å². The van der Waals surface area contributed by atoms with Crippen molar-refractivity contribution in [1.82, 2.24) is 5.32 Å². The van der Waals surface area contributed by atoms with Gasteiger partial charge in [0.15, 0.2) is 0 Å². The standard InChI is InChI=1S/C4H11N.CH4/c1-3-4-5-2;/h5H,3-4H2,1-2H3;1H4. The summed E-state index contributed by atoms with van der Waals surface area (Å²) < 4.78 is 0. The first-order valence-corrected chi connectivity index (χ1v) is 2.06. The summed E-state index contributed by atoms with van der Waals surface area (Å²) in [6.07, 6.45) is 1.23. The van der Waals surface area contributed by atoms with Gasteiger partial charge in [0.05, 0.1) is 0 Å². The lowest BCUT2D eigenvalue weighted by molar-refractivity contribution is 0.772. The molecule has 6 heavy (non-hydrogen) atoms. The maximum Gasteiger partial charge on any atom is -0.00546 e. The van der Waals surface area contributed by atoms with Crippen LogP contribution in [-0.2, 0) is 0 Å². The Morgan fingerprint density at radius 1 is 1.50 bits per heavy atom. The van der Waals surface area contributed by atoms with Crippen molar-refractivity contribution in [2.24, 2.45) is 0 Å². The smallest absolute Gasteiger partial charge is 0.00546 e. The predicted molar refractivity (Wildman–Crippen MR) is 30.9 cm³/mol. The molecule has 0 fully saturated rings. The number of nitrogens with one attached hydrogen (secondary N) is 1. The maximum atomic E-state index is 3.02. The number of hydrogen-bond donors (Lipinski definition) is 1. The predicted octanol–water partition coefficient (Wildman–Crippen LogP) is 1.25. The molecule has 0 saturated carbocycles. The summed E-state index contributed by atoms with van der Waals surface area (Å²) in [5, 5.41) is 3.02. The monoisotopic (exact) mass is 89.1 g/mol. The van der Waals surface area contributed by atoms with Gasteiger partial charge in [-0.05, 0) is 20.0 Å².